The first kappa shape index (κ1) is 16.4. The van der Waals surface area contributed by atoms with E-state index in [1.54, 1.807) is 0 Å². The maximum absolute atomic E-state index is 2.40. The largest absolute Gasteiger partial charge is 0.135 e. The van der Waals surface area contributed by atoms with Gasteiger partial charge in [-0.05, 0) is 56.3 Å². The van der Waals surface area contributed by atoms with Crippen LogP contribution in [0.15, 0.2) is 97.1 Å². The molecule has 5 aromatic carbocycles. The average Bonchev–Trinajstić information content (AvgIpc) is 3.38. The van der Waals surface area contributed by atoms with Gasteiger partial charge in [0.15, 0.2) is 0 Å². The number of fused-ring (bicyclic) bond motifs is 10. The average molecular weight is 399 g/mol. The Morgan fingerprint density at radius 1 is 0.600 bits per heavy atom. The van der Waals surface area contributed by atoms with Gasteiger partial charge in [-0.3, -0.25) is 0 Å². The maximum atomic E-state index is 2.40. The van der Waals surface area contributed by atoms with Crippen LogP contribution in [0.5, 0.6) is 0 Å². The number of thiophene rings is 1. The molecule has 0 spiro atoms. The molecule has 0 N–H and O–H groups in total. The Morgan fingerprint density at radius 2 is 1.33 bits per heavy atom. The highest BCUT2D eigenvalue weighted by molar-refractivity contribution is 7.26. The summed E-state index contributed by atoms with van der Waals surface area (Å²) in [6.45, 7) is 0. The first-order valence-electron chi connectivity index (χ1n) is 10.4. The van der Waals surface area contributed by atoms with Gasteiger partial charge in [0.25, 0.3) is 0 Å². The van der Waals surface area contributed by atoms with Crippen molar-refractivity contribution in [3.63, 3.8) is 0 Å². The highest BCUT2D eigenvalue weighted by Crippen LogP contribution is 2.50. The molecule has 0 aliphatic heterocycles. The molecule has 140 valence electrons. The fraction of sp³-hybridized carbons (Fsp3) is 0.0345. The predicted molar refractivity (Wildman–Crippen MR) is 131 cm³/mol. The van der Waals surface area contributed by atoms with E-state index in [0.29, 0.717) is 0 Å². The minimum absolute atomic E-state index is 1.02. The molecular weight excluding hydrogens is 380 g/mol. The lowest BCUT2D eigenvalue weighted by molar-refractivity contribution is 1.29. The van der Waals surface area contributed by atoms with Crippen molar-refractivity contribution in [3.8, 4) is 22.3 Å². The molecule has 0 saturated heterocycles. The molecule has 0 unspecified atom stereocenters. The Morgan fingerprint density at radius 3 is 2.20 bits per heavy atom. The third kappa shape index (κ3) is 2.16. The number of rotatable bonds is 1. The minimum atomic E-state index is 1.02. The van der Waals surface area contributed by atoms with E-state index in [1.165, 1.54) is 64.3 Å². The second-order valence-electron chi connectivity index (χ2n) is 8.12. The van der Waals surface area contributed by atoms with E-state index in [2.05, 4.69) is 97.1 Å². The van der Waals surface area contributed by atoms with Gasteiger partial charge in [-0.2, -0.15) is 0 Å². The third-order valence-electron chi connectivity index (χ3n) is 6.49. The Bertz CT molecular complexity index is 1600. The van der Waals surface area contributed by atoms with Gasteiger partial charge in [0.05, 0.1) is 0 Å². The van der Waals surface area contributed by atoms with Crippen LogP contribution in [-0.2, 0) is 6.42 Å². The van der Waals surface area contributed by atoms with Crippen molar-refractivity contribution in [1.29, 1.82) is 0 Å². The van der Waals surface area contributed by atoms with Crippen LogP contribution < -0.4 is 0 Å². The van der Waals surface area contributed by atoms with Crippen LogP contribution in [0.3, 0.4) is 0 Å². The van der Waals surface area contributed by atoms with Gasteiger partial charge >= 0.3 is 0 Å². The second kappa shape index (κ2) is 6.04. The summed E-state index contributed by atoms with van der Waals surface area (Å²) >= 11 is 1.95. The van der Waals surface area contributed by atoms with Crippen LogP contribution in [-0.4, -0.2) is 0 Å². The molecule has 1 aliphatic carbocycles. The Labute approximate surface area is 179 Å². The number of hydrogen-bond acceptors (Lipinski definition) is 1. The van der Waals surface area contributed by atoms with Crippen molar-refractivity contribution in [2.45, 2.75) is 6.42 Å². The van der Waals surface area contributed by atoms with Crippen LogP contribution in [0.2, 0.25) is 0 Å². The highest BCUT2D eigenvalue weighted by atomic mass is 32.1. The first-order valence-corrected chi connectivity index (χ1v) is 11.2. The second-order valence-corrected chi connectivity index (χ2v) is 9.17. The molecule has 1 aromatic heterocycles. The summed E-state index contributed by atoms with van der Waals surface area (Å²) in [6.07, 6.45) is 1.02. The topological polar surface area (TPSA) is 0 Å². The van der Waals surface area contributed by atoms with Crippen molar-refractivity contribution in [2.24, 2.45) is 0 Å². The van der Waals surface area contributed by atoms with E-state index in [-0.39, 0.29) is 0 Å². The van der Waals surface area contributed by atoms with Gasteiger partial charge in [-0.15, -0.1) is 11.3 Å². The predicted octanol–water partition coefficient (Wildman–Crippen LogP) is 8.45. The van der Waals surface area contributed by atoms with Crippen molar-refractivity contribution < 1.29 is 0 Å². The maximum Gasteiger partial charge on any atom is 0.0403 e. The summed E-state index contributed by atoms with van der Waals surface area (Å²) in [6, 6.07) is 35.6. The van der Waals surface area contributed by atoms with Crippen molar-refractivity contribution in [3.05, 3.63) is 108 Å². The number of benzene rings is 5. The molecule has 0 saturated carbocycles. The molecule has 0 atom stereocenters. The normalized spacial score (nSPS) is 12.5. The summed E-state index contributed by atoms with van der Waals surface area (Å²) in [7, 11) is 0. The molecule has 0 bridgehead atoms. The Hall–Kier alpha value is -3.42. The van der Waals surface area contributed by atoms with Crippen molar-refractivity contribution in [2.75, 3.05) is 0 Å². The molecular formula is C29H18S. The van der Waals surface area contributed by atoms with Gasteiger partial charge in [-0.1, -0.05) is 84.9 Å². The molecule has 6 aromatic rings. The first-order chi connectivity index (χ1) is 14.9. The lowest BCUT2D eigenvalue weighted by Gasteiger charge is -2.11. The lowest BCUT2D eigenvalue weighted by Crippen LogP contribution is -1.85. The van der Waals surface area contributed by atoms with Crippen molar-refractivity contribution in [1.82, 2.24) is 0 Å². The fourth-order valence-corrected chi connectivity index (χ4v) is 6.43. The van der Waals surface area contributed by atoms with Crippen LogP contribution in [0.25, 0.3) is 53.2 Å². The van der Waals surface area contributed by atoms with Crippen LogP contribution >= 0.6 is 11.3 Å². The molecule has 30 heavy (non-hydrogen) atoms. The van der Waals surface area contributed by atoms with Crippen molar-refractivity contribution >= 4 is 42.3 Å². The van der Waals surface area contributed by atoms with Gasteiger partial charge in [0.1, 0.15) is 0 Å². The summed E-state index contributed by atoms with van der Waals surface area (Å²) in [5.41, 5.74) is 8.37. The molecule has 1 aliphatic rings. The summed E-state index contributed by atoms with van der Waals surface area (Å²) in [5.74, 6) is 0. The molecule has 1 heterocycles. The molecule has 0 nitrogen and oxygen atoms in total. The van der Waals surface area contributed by atoms with Gasteiger partial charge in [-0.25, -0.2) is 0 Å². The number of hydrogen-bond donors (Lipinski definition) is 0. The molecule has 0 fully saturated rings. The molecule has 1 heteroatoms. The SMILES string of the molecule is c1ccc(-c2ccc3c(c2)-c2c(c4sc5ccccc5c4c4ccccc24)C3)cc1. The molecule has 0 amide bonds. The van der Waals surface area contributed by atoms with E-state index >= 15 is 0 Å². The van der Waals surface area contributed by atoms with Gasteiger partial charge in [0, 0.05) is 26.6 Å². The quantitative estimate of drug-likeness (QED) is 0.260. The zero-order chi connectivity index (χ0) is 19.7. The standard InChI is InChI=1S/C29H18S/c1-2-8-18(9-3-1)19-14-15-20-17-25-27(24(20)16-19)21-10-4-5-11-22(21)28-23-12-6-7-13-26(23)30-29(25)28/h1-16H,17H2. The van der Waals surface area contributed by atoms with Gasteiger partial charge in [0.2, 0.25) is 0 Å². The zero-order valence-corrected chi connectivity index (χ0v) is 17.2. The van der Waals surface area contributed by atoms with Gasteiger partial charge < -0.3 is 0 Å². The van der Waals surface area contributed by atoms with E-state index < -0.39 is 0 Å². The van der Waals surface area contributed by atoms with E-state index in [0.717, 1.165) is 6.42 Å². The zero-order valence-electron chi connectivity index (χ0n) is 16.4. The van der Waals surface area contributed by atoms with E-state index in [9.17, 15) is 0 Å². The fourth-order valence-electron chi connectivity index (χ4n) is 5.16. The lowest BCUT2D eigenvalue weighted by atomic mass is 9.93. The van der Waals surface area contributed by atoms with E-state index in [4.69, 9.17) is 0 Å². The summed E-state index contributed by atoms with van der Waals surface area (Å²) in [4.78, 5) is 0. The van der Waals surface area contributed by atoms with Crippen LogP contribution in [0.4, 0.5) is 0 Å². The molecule has 0 radical (unpaired) electrons. The van der Waals surface area contributed by atoms with Crippen LogP contribution in [0, 0.1) is 0 Å². The Balaban J connectivity index is 1.61. The monoisotopic (exact) mass is 398 g/mol. The summed E-state index contributed by atoms with van der Waals surface area (Å²) in [5, 5.41) is 5.58. The summed E-state index contributed by atoms with van der Waals surface area (Å²) < 4.78 is 2.84. The smallest absolute Gasteiger partial charge is 0.0403 e. The molecule has 7 rings (SSSR count). The Kier molecular flexibility index (Phi) is 3.30. The third-order valence-corrected chi connectivity index (χ3v) is 7.72. The highest BCUT2D eigenvalue weighted by Gasteiger charge is 2.26. The van der Waals surface area contributed by atoms with Crippen LogP contribution in [0.1, 0.15) is 11.1 Å². The van der Waals surface area contributed by atoms with E-state index in [1.807, 2.05) is 11.3 Å². The minimum Gasteiger partial charge on any atom is -0.135 e.